The molecule has 0 spiro atoms. The molecule has 0 N–H and O–H groups in total. The van der Waals surface area contributed by atoms with E-state index in [1.165, 1.54) is 11.8 Å². The Hall–Kier alpha value is -4.32. The number of para-hydroxylation sites is 3. The van der Waals surface area contributed by atoms with Crippen LogP contribution in [0.2, 0.25) is 0 Å². The Bertz CT molecular complexity index is 1880. The molecular weight excluding hydrogens is 497 g/mol. The van der Waals surface area contributed by atoms with E-state index in [0.29, 0.717) is 23.1 Å². The minimum atomic E-state index is -0.976. The second-order valence-corrected chi connectivity index (χ2v) is 11.0. The van der Waals surface area contributed by atoms with E-state index in [-0.39, 0.29) is 16.5 Å². The van der Waals surface area contributed by atoms with Crippen LogP contribution in [0.15, 0.2) is 83.5 Å². The highest BCUT2D eigenvalue weighted by atomic mass is 19.1. The molecule has 196 valence electrons. The standard InChI is InChI=1S/C33H28F3N2O/c1-19-14-30-22(23(18-39-30)31-25(35)15-20(34)16-26(31)36)17-21(19)32-37(5)28-12-8-9-13-29(28)38(32)27-11-7-6-10-24(27)33(2,3)4/h6-18H,1-5H3/q+1. The van der Waals surface area contributed by atoms with Crippen LogP contribution in [0.1, 0.15) is 31.9 Å². The maximum atomic E-state index is 14.8. The fourth-order valence-corrected chi connectivity index (χ4v) is 5.57. The van der Waals surface area contributed by atoms with E-state index < -0.39 is 17.5 Å². The third-order valence-electron chi connectivity index (χ3n) is 7.40. The lowest BCUT2D eigenvalue weighted by molar-refractivity contribution is -0.633. The summed E-state index contributed by atoms with van der Waals surface area (Å²) in [7, 11) is 2.02. The van der Waals surface area contributed by atoms with Crippen molar-refractivity contribution in [2.45, 2.75) is 33.1 Å². The predicted octanol–water partition coefficient (Wildman–Crippen LogP) is 8.56. The number of imidazole rings is 1. The molecule has 2 heterocycles. The molecule has 0 bridgehead atoms. The number of hydrogen-bond acceptors (Lipinski definition) is 1. The first-order valence-corrected chi connectivity index (χ1v) is 12.8. The van der Waals surface area contributed by atoms with Crippen LogP contribution in [0.5, 0.6) is 0 Å². The normalized spacial score (nSPS) is 12.1. The SMILES string of the molecule is Cc1cc2occ(-c3c(F)cc(F)cc3F)c2cc1-c1n(-c2ccccc2C(C)(C)C)c2ccccc2[n+]1C. The topological polar surface area (TPSA) is 21.9 Å². The van der Waals surface area contributed by atoms with Crippen LogP contribution >= 0.6 is 0 Å². The molecule has 0 amide bonds. The summed E-state index contributed by atoms with van der Waals surface area (Å²) in [6.07, 6.45) is 1.33. The number of fused-ring (bicyclic) bond motifs is 2. The van der Waals surface area contributed by atoms with Crippen LogP contribution in [0, 0.1) is 24.4 Å². The van der Waals surface area contributed by atoms with Gasteiger partial charge in [0.05, 0.1) is 24.4 Å². The van der Waals surface area contributed by atoms with E-state index in [0.717, 1.165) is 33.7 Å². The number of halogens is 3. The van der Waals surface area contributed by atoms with Gasteiger partial charge in [0.2, 0.25) is 0 Å². The second-order valence-electron chi connectivity index (χ2n) is 11.0. The van der Waals surface area contributed by atoms with Crippen LogP contribution in [0.4, 0.5) is 13.2 Å². The molecule has 0 saturated carbocycles. The quantitative estimate of drug-likeness (QED) is 0.212. The van der Waals surface area contributed by atoms with Gasteiger partial charge in [-0.15, -0.1) is 0 Å². The van der Waals surface area contributed by atoms with E-state index >= 15 is 0 Å². The lowest BCUT2D eigenvalue weighted by Gasteiger charge is -2.21. The highest BCUT2D eigenvalue weighted by molar-refractivity contribution is 5.97. The number of benzene rings is 4. The van der Waals surface area contributed by atoms with Crippen LogP contribution < -0.4 is 4.57 Å². The summed E-state index contributed by atoms with van der Waals surface area (Å²) >= 11 is 0. The summed E-state index contributed by atoms with van der Waals surface area (Å²) in [5.74, 6) is -2.00. The van der Waals surface area contributed by atoms with E-state index in [4.69, 9.17) is 4.42 Å². The first-order chi connectivity index (χ1) is 18.6. The van der Waals surface area contributed by atoms with E-state index in [1.807, 2.05) is 44.3 Å². The van der Waals surface area contributed by atoms with E-state index in [2.05, 4.69) is 60.2 Å². The lowest BCUT2D eigenvalue weighted by Crippen LogP contribution is -2.30. The van der Waals surface area contributed by atoms with Crippen LogP contribution in [0.25, 0.3) is 50.2 Å². The van der Waals surface area contributed by atoms with Gasteiger partial charge >= 0.3 is 0 Å². The van der Waals surface area contributed by atoms with Crippen molar-refractivity contribution in [2.75, 3.05) is 0 Å². The van der Waals surface area contributed by atoms with Crippen molar-refractivity contribution in [3.63, 3.8) is 0 Å². The van der Waals surface area contributed by atoms with Gasteiger partial charge in [0.1, 0.15) is 28.7 Å². The first-order valence-electron chi connectivity index (χ1n) is 12.8. The number of aromatic nitrogens is 2. The molecule has 0 atom stereocenters. The lowest BCUT2D eigenvalue weighted by atomic mass is 9.85. The Morgan fingerprint density at radius 2 is 1.49 bits per heavy atom. The zero-order valence-corrected chi connectivity index (χ0v) is 22.4. The van der Waals surface area contributed by atoms with Crippen molar-refractivity contribution >= 4 is 22.0 Å². The first kappa shape index (κ1) is 25.0. The highest BCUT2D eigenvalue weighted by Crippen LogP contribution is 2.40. The molecule has 0 radical (unpaired) electrons. The maximum absolute atomic E-state index is 14.8. The molecule has 0 aliphatic carbocycles. The molecule has 0 aliphatic rings. The van der Waals surface area contributed by atoms with Gasteiger partial charge in [-0.25, -0.2) is 17.7 Å². The Morgan fingerprint density at radius 3 is 2.21 bits per heavy atom. The zero-order chi connectivity index (χ0) is 27.6. The molecular formula is C33H28F3N2O+. The van der Waals surface area contributed by atoms with Crippen LogP contribution in [-0.4, -0.2) is 4.57 Å². The van der Waals surface area contributed by atoms with Crippen molar-refractivity contribution in [1.29, 1.82) is 0 Å². The summed E-state index contributed by atoms with van der Waals surface area (Å²) in [6.45, 7) is 8.57. The van der Waals surface area contributed by atoms with Gasteiger partial charge < -0.3 is 4.42 Å². The van der Waals surface area contributed by atoms with Crippen molar-refractivity contribution < 1.29 is 22.2 Å². The molecule has 0 fully saturated rings. The summed E-state index contributed by atoms with van der Waals surface area (Å²) < 4.78 is 53.4. The molecule has 0 aliphatic heterocycles. The molecule has 2 aromatic heterocycles. The summed E-state index contributed by atoms with van der Waals surface area (Å²) in [6, 6.07) is 21.7. The minimum Gasteiger partial charge on any atom is -0.464 e. The average Bonchev–Trinajstić information content (AvgIpc) is 3.40. The monoisotopic (exact) mass is 525 g/mol. The smallest absolute Gasteiger partial charge is 0.295 e. The summed E-state index contributed by atoms with van der Waals surface area (Å²) in [4.78, 5) is 0. The van der Waals surface area contributed by atoms with Gasteiger partial charge in [0, 0.05) is 28.6 Å². The molecule has 0 saturated heterocycles. The number of nitrogens with zero attached hydrogens (tertiary/aromatic N) is 2. The Morgan fingerprint density at radius 1 is 0.821 bits per heavy atom. The van der Waals surface area contributed by atoms with Crippen molar-refractivity contribution in [2.24, 2.45) is 7.05 Å². The fourth-order valence-electron chi connectivity index (χ4n) is 5.57. The van der Waals surface area contributed by atoms with E-state index in [9.17, 15) is 13.2 Å². The van der Waals surface area contributed by atoms with Crippen molar-refractivity contribution in [3.05, 3.63) is 108 Å². The van der Waals surface area contributed by atoms with Crippen molar-refractivity contribution in [1.82, 2.24) is 4.57 Å². The molecule has 6 aromatic rings. The van der Waals surface area contributed by atoms with E-state index in [1.54, 1.807) is 0 Å². The average molecular weight is 526 g/mol. The van der Waals surface area contributed by atoms with Gasteiger partial charge in [-0.1, -0.05) is 51.1 Å². The van der Waals surface area contributed by atoms with Gasteiger partial charge in [0.15, 0.2) is 11.0 Å². The molecule has 4 aromatic carbocycles. The Kier molecular flexibility index (Phi) is 5.68. The van der Waals surface area contributed by atoms with Gasteiger partial charge in [-0.2, -0.15) is 4.57 Å². The van der Waals surface area contributed by atoms with Crippen LogP contribution in [0.3, 0.4) is 0 Å². The zero-order valence-electron chi connectivity index (χ0n) is 22.4. The third-order valence-corrected chi connectivity index (χ3v) is 7.40. The largest absolute Gasteiger partial charge is 0.464 e. The molecule has 6 rings (SSSR count). The maximum Gasteiger partial charge on any atom is 0.295 e. The second kappa shape index (κ2) is 8.87. The molecule has 6 heteroatoms. The van der Waals surface area contributed by atoms with Gasteiger partial charge in [0.25, 0.3) is 5.82 Å². The number of rotatable bonds is 3. The number of hydrogen-bond donors (Lipinski definition) is 0. The minimum absolute atomic E-state index is 0.119. The Balaban J connectivity index is 1.70. The predicted molar refractivity (Wildman–Crippen MR) is 148 cm³/mol. The summed E-state index contributed by atoms with van der Waals surface area (Å²) in [5.41, 5.74) is 6.45. The molecule has 39 heavy (non-hydrogen) atoms. The van der Waals surface area contributed by atoms with Crippen molar-refractivity contribution in [3.8, 4) is 28.2 Å². The van der Waals surface area contributed by atoms with Gasteiger partial charge in [-0.05, 0) is 48.2 Å². The highest BCUT2D eigenvalue weighted by Gasteiger charge is 2.31. The van der Waals surface area contributed by atoms with Gasteiger partial charge in [-0.3, -0.25) is 0 Å². The molecule has 3 nitrogen and oxygen atoms in total. The third kappa shape index (κ3) is 3.94. The Labute approximate surface area is 224 Å². The van der Waals surface area contributed by atoms with Crippen LogP contribution in [-0.2, 0) is 12.5 Å². The molecule has 0 unspecified atom stereocenters. The fraction of sp³-hybridized carbons (Fsp3) is 0.182. The number of aryl methyl sites for hydroxylation is 2. The summed E-state index contributed by atoms with van der Waals surface area (Å²) in [5, 5.41) is 0.543. The number of furan rings is 1.